The van der Waals surface area contributed by atoms with Crippen molar-refractivity contribution in [1.29, 1.82) is 5.26 Å². The van der Waals surface area contributed by atoms with Gasteiger partial charge in [0.2, 0.25) is 0 Å². The molecule has 1 aliphatic rings. The lowest BCUT2D eigenvalue weighted by molar-refractivity contribution is 0.0600. The lowest BCUT2D eigenvalue weighted by atomic mass is 9.67. The van der Waals surface area contributed by atoms with E-state index in [1.165, 1.54) is 13.2 Å². The third-order valence-corrected chi connectivity index (χ3v) is 7.77. The summed E-state index contributed by atoms with van der Waals surface area (Å²) >= 11 is 0. The van der Waals surface area contributed by atoms with E-state index in [4.69, 9.17) is 9.72 Å². The van der Waals surface area contributed by atoms with Crippen molar-refractivity contribution in [3.05, 3.63) is 70.9 Å². The molecule has 1 unspecified atom stereocenters. The topological polar surface area (TPSA) is 91.7 Å². The molecule has 1 fully saturated rings. The first-order valence-corrected chi connectivity index (χ1v) is 11.9. The van der Waals surface area contributed by atoms with Crippen molar-refractivity contribution in [2.45, 2.75) is 50.9 Å². The van der Waals surface area contributed by atoms with E-state index in [1.807, 2.05) is 19.9 Å². The molecule has 4 aromatic rings. The summed E-state index contributed by atoms with van der Waals surface area (Å²) in [6.45, 7) is 3.80. The Hall–Kier alpha value is -3.79. The van der Waals surface area contributed by atoms with Crippen LogP contribution in [0.3, 0.4) is 0 Å². The average molecular weight is 471 g/mol. The van der Waals surface area contributed by atoms with Crippen LogP contribution in [0.2, 0.25) is 0 Å². The van der Waals surface area contributed by atoms with Crippen LogP contribution >= 0.6 is 0 Å². The Kier molecular flexibility index (Phi) is 5.76. The summed E-state index contributed by atoms with van der Waals surface area (Å²) in [5.74, 6) is 0.384. The van der Waals surface area contributed by atoms with Gasteiger partial charge in [-0.3, -0.25) is 4.98 Å². The number of aryl methyl sites for hydroxylation is 1. The first-order chi connectivity index (χ1) is 16.9. The number of nitrogens with zero attached hydrogens (tertiary/aromatic N) is 3. The van der Waals surface area contributed by atoms with E-state index in [-0.39, 0.29) is 11.7 Å². The van der Waals surface area contributed by atoms with Gasteiger partial charge in [0, 0.05) is 11.6 Å². The Labute approximate surface area is 203 Å². The van der Waals surface area contributed by atoms with Gasteiger partial charge < -0.3 is 9.72 Å². The van der Waals surface area contributed by atoms with Crippen molar-refractivity contribution in [3.8, 4) is 6.07 Å². The smallest absolute Gasteiger partial charge is 0.338 e. The van der Waals surface area contributed by atoms with Gasteiger partial charge in [-0.25, -0.2) is 14.2 Å². The maximum absolute atomic E-state index is 13.9. The number of hydrogen-bond acceptors (Lipinski definition) is 5. The second kappa shape index (κ2) is 8.77. The maximum atomic E-state index is 13.9. The Morgan fingerprint density at radius 2 is 1.91 bits per heavy atom. The van der Waals surface area contributed by atoms with Crippen molar-refractivity contribution in [3.63, 3.8) is 0 Å². The number of H-pyrrole nitrogens is 1. The molecule has 2 aromatic heterocycles. The maximum Gasteiger partial charge on any atom is 0.338 e. The lowest BCUT2D eigenvalue weighted by Crippen LogP contribution is -2.34. The van der Waals surface area contributed by atoms with Crippen LogP contribution in [0.25, 0.3) is 21.9 Å². The standard InChI is InChI=1S/C28H27FN4O2/c1-16-20(26(34)35-3)9-11-24-25(16)33-27(32-24)28(2,15-30)18-6-4-17(5-7-18)21-12-13-31-23-10-8-19(29)14-22(21)23/h8-14,17-18H,4-7H2,1-3H3,(H,32,33)/t17-,18+,28?. The van der Waals surface area contributed by atoms with Crippen LogP contribution in [-0.4, -0.2) is 28.0 Å². The van der Waals surface area contributed by atoms with Gasteiger partial charge in [-0.05, 0) is 98.9 Å². The summed E-state index contributed by atoms with van der Waals surface area (Å²) in [6, 6.07) is 12.8. The number of ether oxygens (including phenoxy) is 1. The van der Waals surface area contributed by atoms with Crippen LogP contribution in [-0.2, 0) is 10.2 Å². The van der Waals surface area contributed by atoms with Gasteiger partial charge in [0.15, 0.2) is 0 Å². The van der Waals surface area contributed by atoms with Crippen molar-refractivity contribution in [1.82, 2.24) is 15.0 Å². The highest BCUT2D eigenvalue weighted by molar-refractivity contribution is 5.96. The molecule has 5 rings (SSSR count). The van der Waals surface area contributed by atoms with Crippen LogP contribution < -0.4 is 0 Å². The number of benzene rings is 2. The van der Waals surface area contributed by atoms with Gasteiger partial charge in [0.1, 0.15) is 17.1 Å². The zero-order valence-electron chi connectivity index (χ0n) is 20.1. The lowest BCUT2D eigenvalue weighted by Gasteiger charge is -2.36. The van der Waals surface area contributed by atoms with Gasteiger partial charge in [-0.1, -0.05) is 0 Å². The molecular weight excluding hydrogens is 443 g/mol. The molecule has 35 heavy (non-hydrogen) atoms. The number of fused-ring (bicyclic) bond motifs is 2. The number of hydrogen-bond donors (Lipinski definition) is 1. The molecule has 1 atom stereocenters. The van der Waals surface area contributed by atoms with Gasteiger partial charge in [0.05, 0.1) is 35.3 Å². The van der Waals surface area contributed by atoms with Crippen LogP contribution in [0.15, 0.2) is 42.6 Å². The fraction of sp³-hybridized carbons (Fsp3) is 0.357. The fourth-order valence-electron chi connectivity index (χ4n) is 5.61. The highest BCUT2D eigenvalue weighted by atomic mass is 19.1. The molecule has 0 saturated heterocycles. The molecule has 0 radical (unpaired) electrons. The summed E-state index contributed by atoms with van der Waals surface area (Å²) in [6.07, 6.45) is 5.32. The minimum Gasteiger partial charge on any atom is -0.465 e. The molecule has 1 N–H and O–H groups in total. The van der Waals surface area contributed by atoms with Crippen molar-refractivity contribution < 1.29 is 13.9 Å². The number of halogens is 1. The van der Waals surface area contributed by atoms with E-state index in [2.05, 4.69) is 16.0 Å². The van der Waals surface area contributed by atoms with Gasteiger partial charge in [0.25, 0.3) is 0 Å². The zero-order valence-corrected chi connectivity index (χ0v) is 20.1. The molecule has 2 aromatic carbocycles. The van der Waals surface area contributed by atoms with E-state index in [9.17, 15) is 14.4 Å². The number of pyridine rings is 1. The van der Waals surface area contributed by atoms with E-state index >= 15 is 0 Å². The summed E-state index contributed by atoms with van der Waals surface area (Å²) < 4.78 is 18.8. The molecule has 0 spiro atoms. The number of methoxy groups -OCH3 is 1. The van der Waals surface area contributed by atoms with E-state index in [0.29, 0.717) is 17.3 Å². The predicted molar refractivity (Wildman–Crippen MR) is 132 cm³/mol. The van der Waals surface area contributed by atoms with Gasteiger partial charge in [-0.2, -0.15) is 5.26 Å². The molecule has 1 aliphatic carbocycles. The number of carbonyl (C=O) groups is 1. The Morgan fingerprint density at radius 1 is 1.17 bits per heavy atom. The van der Waals surface area contributed by atoms with Crippen molar-refractivity contribution >= 4 is 27.9 Å². The van der Waals surface area contributed by atoms with Gasteiger partial charge in [-0.15, -0.1) is 0 Å². The SMILES string of the molecule is COC(=O)c1ccc2nc(C(C)(C#N)[C@H]3CC[C@@H](c4ccnc5ccc(F)cc54)CC3)[nH]c2c1C. The summed E-state index contributed by atoms with van der Waals surface area (Å²) in [5, 5.41) is 11.2. The molecule has 1 saturated carbocycles. The number of carbonyl (C=O) groups excluding carboxylic acids is 1. The first-order valence-electron chi connectivity index (χ1n) is 11.9. The van der Waals surface area contributed by atoms with Crippen molar-refractivity contribution in [2.24, 2.45) is 5.92 Å². The van der Waals surface area contributed by atoms with Gasteiger partial charge >= 0.3 is 5.97 Å². The summed E-state index contributed by atoms with van der Waals surface area (Å²) in [4.78, 5) is 24.6. The number of nitrogens with one attached hydrogen (secondary N) is 1. The average Bonchev–Trinajstić information content (AvgIpc) is 3.34. The predicted octanol–water partition coefficient (Wildman–Crippen LogP) is 6.10. The Balaban J connectivity index is 1.42. The minimum atomic E-state index is -0.797. The third kappa shape index (κ3) is 3.83. The monoisotopic (exact) mass is 470 g/mol. The molecular formula is C28H27FN4O2. The highest BCUT2D eigenvalue weighted by Crippen LogP contribution is 2.45. The quantitative estimate of drug-likeness (QED) is 0.364. The largest absolute Gasteiger partial charge is 0.465 e. The van der Waals surface area contributed by atoms with Crippen LogP contribution in [0.5, 0.6) is 0 Å². The number of esters is 1. The molecule has 6 nitrogen and oxygen atoms in total. The zero-order chi connectivity index (χ0) is 24.7. The molecule has 7 heteroatoms. The number of aromatic nitrogens is 3. The number of aromatic amines is 1. The second-order valence-electron chi connectivity index (χ2n) is 9.63. The third-order valence-electron chi connectivity index (χ3n) is 7.77. The normalized spacial score (nSPS) is 19.9. The van der Waals surface area contributed by atoms with E-state index in [1.54, 1.807) is 30.5 Å². The van der Waals surface area contributed by atoms with E-state index < -0.39 is 11.4 Å². The Bertz CT molecular complexity index is 1480. The summed E-state index contributed by atoms with van der Waals surface area (Å²) in [5.41, 5.74) is 3.85. The summed E-state index contributed by atoms with van der Waals surface area (Å²) in [7, 11) is 1.36. The second-order valence-corrected chi connectivity index (χ2v) is 9.63. The van der Waals surface area contributed by atoms with Crippen LogP contribution in [0.4, 0.5) is 4.39 Å². The fourth-order valence-corrected chi connectivity index (χ4v) is 5.61. The highest BCUT2D eigenvalue weighted by Gasteiger charge is 2.41. The number of rotatable bonds is 4. The Morgan fingerprint density at radius 3 is 2.63 bits per heavy atom. The molecule has 0 aliphatic heterocycles. The molecule has 0 amide bonds. The molecule has 0 bridgehead atoms. The minimum absolute atomic E-state index is 0.120. The number of nitriles is 1. The van der Waals surface area contributed by atoms with E-state index in [0.717, 1.165) is 58.7 Å². The first kappa shape index (κ1) is 23.0. The molecule has 178 valence electrons. The van der Waals surface area contributed by atoms with Crippen LogP contribution in [0, 0.1) is 30.0 Å². The van der Waals surface area contributed by atoms with Crippen molar-refractivity contribution in [2.75, 3.05) is 7.11 Å². The molecule has 2 heterocycles. The van der Waals surface area contributed by atoms with Crippen LogP contribution in [0.1, 0.15) is 65.8 Å². The number of imidazole rings is 1.